The number of benzene rings is 3. The number of carbonyl (C=O) groups excluding carboxylic acids is 1. The maximum absolute atomic E-state index is 13.7. The van der Waals surface area contributed by atoms with Crippen LogP contribution >= 0.6 is 0 Å². The highest BCUT2D eigenvalue weighted by Gasteiger charge is 2.31. The zero-order valence-electron chi connectivity index (χ0n) is 19.5. The molecule has 5 rings (SSSR count). The number of morpholine rings is 1. The number of nitrogens with one attached hydrogen (secondary N) is 1. The van der Waals surface area contributed by atoms with Gasteiger partial charge in [-0.05, 0) is 36.2 Å². The second-order valence-electron chi connectivity index (χ2n) is 8.74. The summed E-state index contributed by atoms with van der Waals surface area (Å²) in [5.74, 6) is 0.227. The number of alkyl halides is 3. The van der Waals surface area contributed by atoms with Crippen molar-refractivity contribution in [1.82, 2.24) is 9.88 Å². The average molecular weight is 492 g/mol. The summed E-state index contributed by atoms with van der Waals surface area (Å²) in [6, 6.07) is 20.3. The zero-order chi connectivity index (χ0) is 25.3. The molecule has 1 saturated heterocycles. The third-order valence-electron chi connectivity index (χ3n) is 6.33. The number of fused-ring (bicyclic) bond motifs is 1. The number of aryl methyl sites for hydroxylation is 1. The highest BCUT2D eigenvalue weighted by molar-refractivity contribution is 6.10. The quantitative estimate of drug-likeness (QED) is 0.353. The topological polar surface area (TPSA) is 54.5 Å². The molecule has 1 aliphatic rings. The lowest BCUT2D eigenvalue weighted by Crippen LogP contribution is -2.42. The summed E-state index contributed by atoms with van der Waals surface area (Å²) < 4.78 is 45.4. The molecule has 0 radical (unpaired) electrons. The van der Waals surface area contributed by atoms with E-state index in [2.05, 4.69) is 10.3 Å². The van der Waals surface area contributed by atoms with Crippen molar-refractivity contribution < 1.29 is 22.7 Å². The predicted octanol–water partition coefficient (Wildman–Crippen LogP) is 6.52. The summed E-state index contributed by atoms with van der Waals surface area (Å²) in [5, 5.41) is 4.38. The SMILES string of the molecule is Cc1cccc2c(Nc3cccc(C(F)(F)F)c3)ncc(C(=O)N3CCOC(c4ccccc4)C3)c12. The van der Waals surface area contributed by atoms with Crippen LogP contribution in [0.25, 0.3) is 10.8 Å². The molecule has 0 bridgehead atoms. The first-order chi connectivity index (χ1) is 17.3. The van der Waals surface area contributed by atoms with E-state index in [1.807, 2.05) is 55.5 Å². The number of amides is 1. The van der Waals surface area contributed by atoms with Crippen molar-refractivity contribution in [2.75, 3.05) is 25.0 Å². The van der Waals surface area contributed by atoms with Crippen LogP contribution in [0.4, 0.5) is 24.7 Å². The van der Waals surface area contributed by atoms with Gasteiger partial charge in [-0.1, -0.05) is 54.6 Å². The Labute approximate surface area is 206 Å². The summed E-state index contributed by atoms with van der Waals surface area (Å²) >= 11 is 0. The summed E-state index contributed by atoms with van der Waals surface area (Å²) in [7, 11) is 0. The molecule has 5 nitrogen and oxygen atoms in total. The van der Waals surface area contributed by atoms with Crippen LogP contribution in [0.2, 0.25) is 0 Å². The molecule has 1 aromatic heterocycles. The molecule has 0 saturated carbocycles. The maximum Gasteiger partial charge on any atom is 0.416 e. The lowest BCUT2D eigenvalue weighted by Gasteiger charge is -2.33. The smallest absolute Gasteiger partial charge is 0.370 e. The normalized spacial score (nSPS) is 16.2. The monoisotopic (exact) mass is 491 g/mol. The van der Waals surface area contributed by atoms with E-state index in [0.29, 0.717) is 36.5 Å². The molecular formula is C28H24F3N3O2. The van der Waals surface area contributed by atoms with Crippen LogP contribution in [0.1, 0.15) is 33.2 Å². The second kappa shape index (κ2) is 9.62. The van der Waals surface area contributed by atoms with E-state index in [0.717, 1.165) is 28.6 Å². The standard InChI is InChI=1S/C28H24F3N3O2/c1-18-7-5-12-22-25(18)23(16-32-26(22)33-21-11-6-10-20(15-21)28(29,30)31)27(35)34-13-14-36-24(17-34)19-8-3-2-4-9-19/h2-12,15-16,24H,13-14,17H2,1H3,(H,32,33). The van der Waals surface area contributed by atoms with E-state index in [1.54, 1.807) is 11.0 Å². The Bertz CT molecular complexity index is 1410. The number of hydrogen-bond acceptors (Lipinski definition) is 4. The molecule has 8 heteroatoms. The number of anilines is 2. The van der Waals surface area contributed by atoms with Crippen molar-refractivity contribution in [2.45, 2.75) is 19.2 Å². The highest BCUT2D eigenvalue weighted by atomic mass is 19.4. The molecule has 4 aromatic rings. The summed E-state index contributed by atoms with van der Waals surface area (Å²) in [6.07, 6.45) is -3.16. The van der Waals surface area contributed by atoms with E-state index in [-0.39, 0.29) is 17.7 Å². The van der Waals surface area contributed by atoms with Crippen LogP contribution in [0.5, 0.6) is 0 Å². The number of nitrogens with zero attached hydrogens (tertiary/aromatic N) is 2. The first kappa shape index (κ1) is 23.8. The van der Waals surface area contributed by atoms with Crippen LogP contribution in [0.15, 0.2) is 79.0 Å². The Morgan fingerprint density at radius 2 is 1.83 bits per heavy atom. The Balaban J connectivity index is 1.47. The second-order valence-corrected chi connectivity index (χ2v) is 8.74. The van der Waals surface area contributed by atoms with Crippen LogP contribution < -0.4 is 5.32 Å². The molecular weight excluding hydrogens is 467 g/mol. The average Bonchev–Trinajstić information content (AvgIpc) is 2.89. The number of rotatable bonds is 4. The third kappa shape index (κ3) is 4.77. The third-order valence-corrected chi connectivity index (χ3v) is 6.33. The van der Waals surface area contributed by atoms with Gasteiger partial charge in [0.25, 0.3) is 5.91 Å². The van der Waals surface area contributed by atoms with Crippen molar-refractivity contribution in [1.29, 1.82) is 0 Å². The fraction of sp³-hybridized carbons (Fsp3) is 0.214. The summed E-state index contributed by atoms with van der Waals surface area (Å²) in [6.45, 7) is 3.20. The van der Waals surface area contributed by atoms with Crippen molar-refractivity contribution in [2.24, 2.45) is 0 Å². The molecule has 1 amide bonds. The minimum absolute atomic E-state index is 0.156. The van der Waals surface area contributed by atoms with Gasteiger partial charge in [-0.3, -0.25) is 4.79 Å². The molecule has 1 atom stereocenters. The lowest BCUT2D eigenvalue weighted by molar-refractivity contribution is -0.137. The number of ether oxygens (including phenoxy) is 1. The Morgan fingerprint density at radius 3 is 2.61 bits per heavy atom. The number of carbonyl (C=O) groups is 1. The molecule has 2 heterocycles. The van der Waals surface area contributed by atoms with E-state index in [1.165, 1.54) is 12.3 Å². The number of aromatic nitrogens is 1. The van der Waals surface area contributed by atoms with Gasteiger partial charge in [0.05, 0.1) is 24.3 Å². The van der Waals surface area contributed by atoms with Gasteiger partial charge in [0.1, 0.15) is 11.9 Å². The van der Waals surface area contributed by atoms with E-state index < -0.39 is 11.7 Å². The molecule has 1 unspecified atom stereocenters. The lowest BCUT2D eigenvalue weighted by atomic mass is 10.00. The van der Waals surface area contributed by atoms with Crippen molar-refractivity contribution in [3.63, 3.8) is 0 Å². The van der Waals surface area contributed by atoms with Crippen molar-refractivity contribution in [3.8, 4) is 0 Å². The van der Waals surface area contributed by atoms with Gasteiger partial charge in [0.15, 0.2) is 0 Å². The van der Waals surface area contributed by atoms with Gasteiger partial charge in [0, 0.05) is 29.2 Å². The molecule has 36 heavy (non-hydrogen) atoms. The minimum Gasteiger partial charge on any atom is -0.370 e. The molecule has 3 aromatic carbocycles. The van der Waals surface area contributed by atoms with Crippen LogP contribution in [0.3, 0.4) is 0 Å². The molecule has 0 spiro atoms. The number of pyridine rings is 1. The summed E-state index contributed by atoms with van der Waals surface area (Å²) in [4.78, 5) is 19.9. The zero-order valence-corrected chi connectivity index (χ0v) is 19.5. The van der Waals surface area contributed by atoms with E-state index >= 15 is 0 Å². The first-order valence-corrected chi connectivity index (χ1v) is 11.6. The van der Waals surface area contributed by atoms with Gasteiger partial charge >= 0.3 is 6.18 Å². The maximum atomic E-state index is 13.7. The summed E-state index contributed by atoms with van der Waals surface area (Å²) in [5.41, 5.74) is 1.84. The van der Waals surface area contributed by atoms with Gasteiger partial charge in [-0.2, -0.15) is 13.2 Å². The van der Waals surface area contributed by atoms with Crippen LogP contribution in [0, 0.1) is 6.92 Å². The molecule has 1 aliphatic heterocycles. The van der Waals surface area contributed by atoms with Gasteiger partial charge in [-0.25, -0.2) is 4.98 Å². The fourth-order valence-corrected chi connectivity index (χ4v) is 4.53. The molecule has 1 fully saturated rings. The minimum atomic E-state index is -4.45. The molecule has 184 valence electrons. The van der Waals surface area contributed by atoms with Gasteiger partial charge in [0.2, 0.25) is 0 Å². The molecule has 0 aliphatic carbocycles. The fourth-order valence-electron chi connectivity index (χ4n) is 4.53. The van der Waals surface area contributed by atoms with Crippen LogP contribution in [-0.4, -0.2) is 35.5 Å². The Morgan fingerprint density at radius 1 is 1.06 bits per heavy atom. The number of hydrogen-bond donors (Lipinski definition) is 1. The van der Waals surface area contributed by atoms with Crippen molar-refractivity contribution >= 4 is 28.2 Å². The van der Waals surface area contributed by atoms with Gasteiger partial charge < -0.3 is 15.0 Å². The predicted molar refractivity (Wildman–Crippen MR) is 132 cm³/mol. The largest absolute Gasteiger partial charge is 0.416 e. The highest BCUT2D eigenvalue weighted by Crippen LogP contribution is 2.34. The van der Waals surface area contributed by atoms with Gasteiger partial charge in [-0.15, -0.1) is 0 Å². The Kier molecular flexibility index (Phi) is 6.36. The van der Waals surface area contributed by atoms with Crippen molar-refractivity contribution in [3.05, 3.63) is 101 Å². The first-order valence-electron chi connectivity index (χ1n) is 11.6. The van der Waals surface area contributed by atoms with E-state index in [4.69, 9.17) is 4.74 Å². The Hall–Kier alpha value is -3.91. The molecule has 1 N–H and O–H groups in total. The number of halogens is 3. The van der Waals surface area contributed by atoms with E-state index in [9.17, 15) is 18.0 Å². The van der Waals surface area contributed by atoms with Crippen LogP contribution in [-0.2, 0) is 10.9 Å².